The van der Waals surface area contributed by atoms with Crippen molar-refractivity contribution in [2.45, 2.75) is 39.3 Å². The molecule has 0 aliphatic rings. The Balaban J connectivity index is 2.63. The van der Waals surface area contributed by atoms with Gasteiger partial charge in [0.1, 0.15) is 0 Å². The largest absolute Gasteiger partial charge is 0.352 e. The molecule has 1 aromatic carbocycles. The van der Waals surface area contributed by atoms with Crippen LogP contribution in [-0.4, -0.2) is 30.3 Å². The second-order valence-corrected chi connectivity index (χ2v) is 5.94. The topological polar surface area (TPSA) is 87.3 Å². The third-order valence-electron chi connectivity index (χ3n) is 2.94. The van der Waals surface area contributed by atoms with E-state index in [2.05, 4.69) is 16.0 Å². The first-order chi connectivity index (χ1) is 10.8. The molecule has 0 fully saturated rings. The van der Waals surface area contributed by atoms with E-state index >= 15 is 0 Å². The van der Waals surface area contributed by atoms with Gasteiger partial charge in [0.05, 0.1) is 19.0 Å². The van der Waals surface area contributed by atoms with E-state index in [1.54, 1.807) is 24.3 Å². The van der Waals surface area contributed by atoms with Crippen molar-refractivity contribution >= 4 is 29.3 Å². The quantitative estimate of drug-likeness (QED) is 0.704. The van der Waals surface area contributed by atoms with E-state index in [0.29, 0.717) is 5.02 Å². The van der Waals surface area contributed by atoms with Gasteiger partial charge in [-0.15, -0.1) is 0 Å². The highest BCUT2D eigenvalue weighted by atomic mass is 35.5. The first-order valence-corrected chi connectivity index (χ1v) is 7.74. The fourth-order valence-corrected chi connectivity index (χ4v) is 2.13. The summed E-state index contributed by atoms with van der Waals surface area (Å²) >= 11 is 5.84. The van der Waals surface area contributed by atoms with Gasteiger partial charge in [0, 0.05) is 18.0 Å². The molecule has 0 saturated heterocycles. The zero-order chi connectivity index (χ0) is 17.4. The SMILES string of the molecule is CC(=O)NC(CC(=O)NCC(=O)NC(C)C)c1ccc(Cl)cc1. The molecule has 1 unspecified atom stereocenters. The summed E-state index contributed by atoms with van der Waals surface area (Å²) in [5.74, 6) is -0.816. The molecule has 7 heteroatoms. The average Bonchev–Trinajstić information content (AvgIpc) is 2.44. The highest BCUT2D eigenvalue weighted by molar-refractivity contribution is 6.30. The number of carbonyl (C=O) groups excluding carboxylic acids is 3. The van der Waals surface area contributed by atoms with Crippen molar-refractivity contribution in [2.75, 3.05) is 6.54 Å². The van der Waals surface area contributed by atoms with Crippen LogP contribution in [0.15, 0.2) is 24.3 Å². The van der Waals surface area contributed by atoms with Crippen LogP contribution in [-0.2, 0) is 14.4 Å². The fourth-order valence-electron chi connectivity index (χ4n) is 2.00. The molecular formula is C16H22ClN3O3. The highest BCUT2D eigenvalue weighted by Crippen LogP contribution is 2.19. The van der Waals surface area contributed by atoms with Crippen molar-refractivity contribution in [2.24, 2.45) is 0 Å². The number of halogens is 1. The molecule has 0 bridgehead atoms. The van der Waals surface area contributed by atoms with Gasteiger partial charge in [-0.25, -0.2) is 0 Å². The van der Waals surface area contributed by atoms with Crippen LogP contribution in [0.1, 0.15) is 38.8 Å². The van der Waals surface area contributed by atoms with Gasteiger partial charge in [0.2, 0.25) is 17.7 Å². The monoisotopic (exact) mass is 339 g/mol. The van der Waals surface area contributed by atoms with E-state index in [4.69, 9.17) is 11.6 Å². The Kier molecular flexibility index (Phi) is 7.54. The maximum atomic E-state index is 12.0. The van der Waals surface area contributed by atoms with Crippen LogP contribution in [0.25, 0.3) is 0 Å². The van der Waals surface area contributed by atoms with Crippen molar-refractivity contribution in [3.63, 3.8) is 0 Å². The van der Waals surface area contributed by atoms with Crippen molar-refractivity contribution in [1.82, 2.24) is 16.0 Å². The second kappa shape index (κ2) is 9.15. The van der Waals surface area contributed by atoms with Crippen molar-refractivity contribution < 1.29 is 14.4 Å². The highest BCUT2D eigenvalue weighted by Gasteiger charge is 2.17. The molecule has 0 radical (unpaired) electrons. The maximum absolute atomic E-state index is 12.0. The van der Waals surface area contributed by atoms with E-state index in [-0.39, 0.29) is 36.7 Å². The smallest absolute Gasteiger partial charge is 0.239 e. The van der Waals surface area contributed by atoms with E-state index < -0.39 is 6.04 Å². The number of carbonyl (C=O) groups is 3. The molecule has 0 aromatic heterocycles. The Hall–Kier alpha value is -2.08. The summed E-state index contributed by atoms with van der Waals surface area (Å²) in [6.45, 7) is 4.97. The van der Waals surface area contributed by atoms with E-state index in [1.807, 2.05) is 13.8 Å². The van der Waals surface area contributed by atoms with Gasteiger partial charge in [-0.05, 0) is 31.5 Å². The van der Waals surface area contributed by atoms with E-state index in [1.165, 1.54) is 6.92 Å². The normalized spacial score (nSPS) is 11.7. The molecule has 126 valence electrons. The molecule has 23 heavy (non-hydrogen) atoms. The molecule has 3 amide bonds. The molecule has 0 saturated carbocycles. The molecule has 1 atom stereocenters. The van der Waals surface area contributed by atoms with Crippen molar-refractivity contribution in [3.8, 4) is 0 Å². The van der Waals surface area contributed by atoms with Crippen LogP contribution >= 0.6 is 11.6 Å². The number of hydrogen-bond donors (Lipinski definition) is 3. The minimum Gasteiger partial charge on any atom is -0.352 e. The van der Waals surface area contributed by atoms with E-state index in [0.717, 1.165) is 5.56 Å². The lowest BCUT2D eigenvalue weighted by molar-refractivity contribution is -0.127. The van der Waals surface area contributed by atoms with Crippen LogP contribution in [0.4, 0.5) is 0 Å². The predicted molar refractivity (Wildman–Crippen MR) is 88.9 cm³/mol. The molecule has 0 heterocycles. The second-order valence-electron chi connectivity index (χ2n) is 5.51. The minimum absolute atomic E-state index is 0.0144. The third kappa shape index (κ3) is 7.65. The standard InChI is InChI=1S/C16H22ClN3O3/c1-10(2)19-16(23)9-18-15(22)8-14(20-11(3)21)12-4-6-13(17)7-5-12/h4-7,10,14H,8-9H2,1-3H3,(H,18,22)(H,19,23)(H,20,21). The summed E-state index contributed by atoms with van der Waals surface area (Å²) in [6, 6.07) is 6.43. The number of hydrogen-bond acceptors (Lipinski definition) is 3. The lowest BCUT2D eigenvalue weighted by atomic mass is 10.0. The van der Waals surface area contributed by atoms with Gasteiger partial charge in [-0.3, -0.25) is 14.4 Å². The Morgan fingerprint density at radius 2 is 1.65 bits per heavy atom. The van der Waals surface area contributed by atoms with Crippen LogP contribution in [0.5, 0.6) is 0 Å². The Morgan fingerprint density at radius 1 is 1.04 bits per heavy atom. The Morgan fingerprint density at radius 3 is 2.17 bits per heavy atom. The summed E-state index contributed by atoms with van der Waals surface area (Å²) in [4.78, 5) is 34.8. The number of benzene rings is 1. The zero-order valence-corrected chi connectivity index (χ0v) is 14.2. The lowest BCUT2D eigenvalue weighted by Crippen LogP contribution is -2.41. The first-order valence-electron chi connectivity index (χ1n) is 7.36. The van der Waals surface area contributed by atoms with E-state index in [9.17, 15) is 14.4 Å². The first kappa shape index (κ1) is 19.0. The molecule has 1 aromatic rings. The summed E-state index contributed by atoms with van der Waals surface area (Å²) in [6.07, 6.45) is 0.0379. The van der Waals surface area contributed by atoms with Crippen LogP contribution in [0.3, 0.4) is 0 Å². The molecule has 0 aliphatic heterocycles. The molecule has 6 nitrogen and oxygen atoms in total. The van der Waals surface area contributed by atoms with Gasteiger partial charge >= 0.3 is 0 Å². The fraction of sp³-hybridized carbons (Fsp3) is 0.438. The van der Waals surface area contributed by atoms with Gasteiger partial charge in [-0.1, -0.05) is 23.7 Å². The van der Waals surface area contributed by atoms with Gasteiger partial charge in [0.25, 0.3) is 0 Å². The number of nitrogens with one attached hydrogen (secondary N) is 3. The van der Waals surface area contributed by atoms with Crippen molar-refractivity contribution in [3.05, 3.63) is 34.9 Å². The predicted octanol–water partition coefficient (Wildman–Crippen LogP) is 1.55. The molecule has 0 spiro atoms. The molecule has 1 rings (SSSR count). The third-order valence-corrected chi connectivity index (χ3v) is 3.19. The Bertz CT molecular complexity index is 558. The molecule has 0 aliphatic carbocycles. The van der Waals surface area contributed by atoms with Crippen molar-refractivity contribution in [1.29, 1.82) is 0 Å². The van der Waals surface area contributed by atoms with Crippen LogP contribution in [0, 0.1) is 0 Å². The summed E-state index contributed by atoms with van der Waals surface area (Å²) in [5.41, 5.74) is 0.770. The summed E-state index contributed by atoms with van der Waals surface area (Å²) in [7, 11) is 0. The summed E-state index contributed by atoms with van der Waals surface area (Å²) in [5, 5.41) is 8.52. The number of amides is 3. The van der Waals surface area contributed by atoms with Gasteiger partial charge < -0.3 is 16.0 Å². The maximum Gasteiger partial charge on any atom is 0.239 e. The Labute approximate surface area is 141 Å². The zero-order valence-electron chi connectivity index (χ0n) is 13.5. The van der Waals surface area contributed by atoms with Crippen LogP contribution in [0.2, 0.25) is 5.02 Å². The molecular weight excluding hydrogens is 318 g/mol. The summed E-state index contributed by atoms with van der Waals surface area (Å²) < 4.78 is 0. The van der Waals surface area contributed by atoms with Gasteiger partial charge in [-0.2, -0.15) is 0 Å². The molecule has 3 N–H and O–H groups in total. The van der Waals surface area contributed by atoms with Gasteiger partial charge in [0.15, 0.2) is 0 Å². The lowest BCUT2D eigenvalue weighted by Gasteiger charge is -2.18. The van der Waals surface area contributed by atoms with Crippen LogP contribution < -0.4 is 16.0 Å². The average molecular weight is 340 g/mol. The number of rotatable bonds is 7. The minimum atomic E-state index is -0.474.